The summed E-state index contributed by atoms with van der Waals surface area (Å²) in [6.45, 7) is 6.45. The molecule has 0 unspecified atom stereocenters. The average molecular weight is 223 g/mol. The van der Waals surface area contributed by atoms with E-state index in [1.165, 1.54) is 5.57 Å². The molecule has 0 amide bonds. The number of imidazole rings is 1. The summed E-state index contributed by atoms with van der Waals surface area (Å²) in [6.07, 6.45) is 11.4. The van der Waals surface area contributed by atoms with Crippen LogP contribution in [0.5, 0.6) is 0 Å². The largest absolute Gasteiger partial charge is 0.329 e. The zero-order chi connectivity index (χ0) is 11.1. The van der Waals surface area contributed by atoms with Gasteiger partial charge in [-0.3, -0.25) is 0 Å². The lowest BCUT2D eigenvalue weighted by molar-refractivity contribution is 0.763. The van der Waals surface area contributed by atoms with Gasteiger partial charge in [-0.25, -0.2) is 4.98 Å². The SMILES string of the molecule is C=C/C=C\C(=C/C)Cn1cncc1CCl. The third-order valence-corrected chi connectivity index (χ3v) is 2.38. The first-order chi connectivity index (χ1) is 7.31. The van der Waals surface area contributed by atoms with E-state index < -0.39 is 0 Å². The first kappa shape index (κ1) is 11.8. The molecule has 15 heavy (non-hydrogen) atoms. The van der Waals surface area contributed by atoms with Gasteiger partial charge in [0.1, 0.15) is 0 Å². The summed E-state index contributed by atoms with van der Waals surface area (Å²) >= 11 is 5.79. The number of halogens is 1. The molecule has 1 aromatic heterocycles. The Morgan fingerprint density at radius 3 is 3.07 bits per heavy atom. The van der Waals surface area contributed by atoms with Gasteiger partial charge in [-0.1, -0.05) is 30.9 Å². The zero-order valence-electron chi connectivity index (χ0n) is 8.86. The predicted octanol–water partition coefficient (Wildman–Crippen LogP) is 3.31. The van der Waals surface area contributed by atoms with Crippen molar-refractivity contribution in [3.05, 3.63) is 54.7 Å². The molecule has 0 bridgehead atoms. The van der Waals surface area contributed by atoms with Crippen LogP contribution < -0.4 is 0 Å². The second-order valence-electron chi connectivity index (χ2n) is 3.10. The van der Waals surface area contributed by atoms with Gasteiger partial charge in [-0.05, 0) is 12.5 Å². The first-order valence-electron chi connectivity index (χ1n) is 4.81. The van der Waals surface area contributed by atoms with Gasteiger partial charge in [-0.2, -0.15) is 0 Å². The molecule has 0 N–H and O–H groups in total. The van der Waals surface area contributed by atoms with Gasteiger partial charge >= 0.3 is 0 Å². The predicted molar refractivity (Wildman–Crippen MR) is 64.9 cm³/mol. The van der Waals surface area contributed by atoms with Gasteiger partial charge in [0.05, 0.1) is 17.9 Å². The second-order valence-corrected chi connectivity index (χ2v) is 3.37. The fourth-order valence-corrected chi connectivity index (χ4v) is 1.45. The number of alkyl halides is 1. The van der Waals surface area contributed by atoms with E-state index >= 15 is 0 Å². The second kappa shape index (κ2) is 6.25. The Bertz CT molecular complexity index is 375. The lowest BCUT2D eigenvalue weighted by Gasteiger charge is -2.06. The third kappa shape index (κ3) is 3.40. The van der Waals surface area contributed by atoms with Crippen LogP contribution in [0.1, 0.15) is 12.6 Å². The van der Waals surface area contributed by atoms with Crippen molar-refractivity contribution >= 4 is 11.6 Å². The lowest BCUT2D eigenvalue weighted by Crippen LogP contribution is -2.01. The molecule has 0 saturated heterocycles. The van der Waals surface area contributed by atoms with Crippen molar-refractivity contribution in [2.24, 2.45) is 0 Å². The highest BCUT2D eigenvalue weighted by molar-refractivity contribution is 6.16. The van der Waals surface area contributed by atoms with Crippen molar-refractivity contribution in [1.29, 1.82) is 0 Å². The Balaban J connectivity index is 2.75. The molecular formula is C12H15ClN2. The maximum absolute atomic E-state index is 5.79. The molecule has 1 rings (SSSR count). The van der Waals surface area contributed by atoms with E-state index in [1.807, 2.05) is 23.6 Å². The highest BCUT2D eigenvalue weighted by Crippen LogP contribution is 2.08. The van der Waals surface area contributed by atoms with E-state index in [4.69, 9.17) is 11.6 Å². The molecule has 0 aromatic carbocycles. The molecule has 0 radical (unpaired) electrons. The molecular weight excluding hydrogens is 208 g/mol. The van der Waals surface area contributed by atoms with Crippen LogP contribution in [0.2, 0.25) is 0 Å². The van der Waals surface area contributed by atoms with E-state index in [-0.39, 0.29) is 0 Å². The van der Waals surface area contributed by atoms with Crippen LogP contribution in [0.15, 0.2) is 49.0 Å². The standard InChI is InChI=1S/C12H15ClN2/c1-3-5-6-11(4-2)9-15-10-14-8-12(15)7-13/h3-6,8,10H,1,7,9H2,2H3/b6-5-,11-4+. The summed E-state index contributed by atoms with van der Waals surface area (Å²) in [4.78, 5) is 4.07. The molecule has 1 heterocycles. The van der Waals surface area contributed by atoms with Crippen molar-refractivity contribution in [2.45, 2.75) is 19.3 Å². The van der Waals surface area contributed by atoms with Gasteiger partial charge in [0.15, 0.2) is 0 Å². The molecule has 0 spiro atoms. The summed E-state index contributed by atoms with van der Waals surface area (Å²) < 4.78 is 2.04. The summed E-state index contributed by atoms with van der Waals surface area (Å²) in [6, 6.07) is 0. The highest BCUT2D eigenvalue weighted by atomic mass is 35.5. The number of hydrogen-bond donors (Lipinski definition) is 0. The van der Waals surface area contributed by atoms with E-state index in [1.54, 1.807) is 18.6 Å². The van der Waals surface area contributed by atoms with Gasteiger partial charge in [0, 0.05) is 12.7 Å². The molecule has 0 aliphatic rings. The maximum atomic E-state index is 5.79. The maximum Gasteiger partial charge on any atom is 0.0951 e. The highest BCUT2D eigenvalue weighted by Gasteiger charge is 2.00. The fraction of sp³-hybridized carbons (Fsp3) is 0.250. The van der Waals surface area contributed by atoms with E-state index in [9.17, 15) is 0 Å². The minimum atomic E-state index is 0.488. The van der Waals surface area contributed by atoms with Crippen LogP contribution in [0, 0.1) is 0 Å². The van der Waals surface area contributed by atoms with Crippen LogP contribution >= 0.6 is 11.6 Å². The number of hydrogen-bond acceptors (Lipinski definition) is 1. The molecule has 1 aromatic rings. The van der Waals surface area contributed by atoms with E-state index in [0.717, 1.165) is 12.2 Å². The molecule has 80 valence electrons. The Labute approximate surface area is 95.6 Å². The van der Waals surface area contributed by atoms with Crippen molar-refractivity contribution in [3.63, 3.8) is 0 Å². The molecule has 0 aliphatic carbocycles. The number of allylic oxidation sites excluding steroid dienone is 5. The topological polar surface area (TPSA) is 17.8 Å². The molecule has 0 aliphatic heterocycles. The van der Waals surface area contributed by atoms with E-state index in [0.29, 0.717) is 5.88 Å². The number of aromatic nitrogens is 2. The van der Waals surface area contributed by atoms with Gasteiger partial charge in [0.25, 0.3) is 0 Å². The van der Waals surface area contributed by atoms with Crippen LogP contribution in [0.25, 0.3) is 0 Å². The summed E-state index contributed by atoms with van der Waals surface area (Å²) in [7, 11) is 0. The van der Waals surface area contributed by atoms with Crippen LogP contribution in [0.3, 0.4) is 0 Å². The normalized spacial score (nSPS) is 12.3. The smallest absolute Gasteiger partial charge is 0.0951 e. The first-order valence-corrected chi connectivity index (χ1v) is 5.34. The van der Waals surface area contributed by atoms with Crippen molar-refractivity contribution in [1.82, 2.24) is 9.55 Å². The summed E-state index contributed by atoms with van der Waals surface area (Å²) in [5.41, 5.74) is 2.24. The fourth-order valence-electron chi connectivity index (χ4n) is 1.23. The summed E-state index contributed by atoms with van der Waals surface area (Å²) in [5.74, 6) is 0.488. The average Bonchev–Trinajstić information content (AvgIpc) is 2.71. The Hall–Kier alpha value is -1.28. The van der Waals surface area contributed by atoms with Crippen LogP contribution in [0.4, 0.5) is 0 Å². The minimum Gasteiger partial charge on any atom is -0.329 e. The Kier molecular flexibility index (Phi) is 4.91. The molecule has 0 saturated carbocycles. The van der Waals surface area contributed by atoms with Crippen molar-refractivity contribution in [2.75, 3.05) is 0 Å². The molecule has 2 nitrogen and oxygen atoms in total. The number of rotatable bonds is 5. The van der Waals surface area contributed by atoms with Gasteiger partial charge in [0.2, 0.25) is 0 Å². The van der Waals surface area contributed by atoms with E-state index in [2.05, 4.69) is 17.6 Å². The van der Waals surface area contributed by atoms with Crippen molar-refractivity contribution in [3.8, 4) is 0 Å². The minimum absolute atomic E-state index is 0.488. The molecule has 0 atom stereocenters. The lowest BCUT2D eigenvalue weighted by atomic mass is 10.2. The molecule has 3 heteroatoms. The molecule has 0 fully saturated rings. The van der Waals surface area contributed by atoms with Crippen LogP contribution in [-0.2, 0) is 12.4 Å². The zero-order valence-corrected chi connectivity index (χ0v) is 9.61. The quantitative estimate of drug-likeness (QED) is 0.552. The third-order valence-electron chi connectivity index (χ3n) is 2.11. The van der Waals surface area contributed by atoms with Gasteiger partial charge in [-0.15, -0.1) is 11.6 Å². The Morgan fingerprint density at radius 1 is 1.67 bits per heavy atom. The monoisotopic (exact) mass is 222 g/mol. The van der Waals surface area contributed by atoms with Crippen molar-refractivity contribution < 1.29 is 0 Å². The number of nitrogens with zero attached hydrogens (tertiary/aromatic N) is 2. The van der Waals surface area contributed by atoms with Crippen LogP contribution in [-0.4, -0.2) is 9.55 Å². The Morgan fingerprint density at radius 2 is 2.47 bits per heavy atom. The summed E-state index contributed by atoms with van der Waals surface area (Å²) in [5, 5.41) is 0. The van der Waals surface area contributed by atoms with Gasteiger partial charge < -0.3 is 4.57 Å².